The smallest absolute Gasteiger partial charge is 0.141 e. The molecule has 1 heterocycles. The van der Waals surface area contributed by atoms with Crippen LogP contribution in [0.1, 0.15) is 65.1 Å². The van der Waals surface area contributed by atoms with Crippen molar-refractivity contribution in [2.24, 2.45) is 16.7 Å². The highest BCUT2D eigenvalue weighted by Crippen LogP contribution is 2.62. The lowest BCUT2D eigenvalue weighted by Crippen LogP contribution is -2.51. The van der Waals surface area contributed by atoms with Gasteiger partial charge in [0.15, 0.2) is 0 Å². The second kappa shape index (κ2) is 5.05. The Balaban J connectivity index is 1.82. The Morgan fingerprint density at radius 2 is 2.14 bits per heavy atom. The summed E-state index contributed by atoms with van der Waals surface area (Å²) in [6, 6.07) is 4.06. The number of hydrogen-bond acceptors (Lipinski definition) is 2. The van der Waals surface area contributed by atoms with E-state index in [0.717, 1.165) is 18.0 Å². The van der Waals surface area contributed by atoms with E-state index >= 15 is 0 Å². The van der Waals surface area contributed by atoms with Crippen LogP contribution < -0.4 is 5.32 Å². The Labute approximate surface area is 127 Å². The molecule has 0 aliphatic heterocycles. The zero-order valence-electron chi connectivity index (χ0n) is 13.6. The van der Waals surface area contributed by atoms with E-state index in [1.54, 1.807) is 0 Å². The summed E-state index contributed by atoms with van der Waals surface area (Å²) in [6.45, 7) is 9.42. The number of fused-ring (bicyclic) bond motifs is 2. The average molecular weight is 290 g/mol. The highest BCUT2D eigenvalue weighted by Gasteiger charge is 2.59. The van der Waals surface area contributed by atoms with Crippen LogP contribution in [0.2, 0.25) is 0 Å². The van der Waals surface area contributed by atoms with E-state index in [4.69, 9.17) is 0 Å². The van der Waals surface area contributed by atoms with Crippen molar-refractivity contribution in [2.75, 3.05) is 0 Å². The third-order valence-electron chi connectivity index (χ3n) is 6.15. The highest BCUT2D eigenvalue weighted by atomic mass is 19.1. The summed E-state index contributed by atoms with van der Waals surface area (Å²) in [5.74, 6) is 0.569. The Bertz CT molecular complexity index is 506. The Hall–Kier alpha value is -0.960. The van der Waals surface area contributed by atoms with Gasteiger partial charge in [-0.2, -0.15) is 0 Å². The second-order valence-electron chi connectivity index (χ2n) is 7.88. The predicted octanol–water partition coefficient (Wildman–Crippen LogP) is 4.48. The van der Waals surface area contributed by atoms with E-state index in [0.29, 0.717) is 16.9 Å². The molecule has 1 N–H and O–H groups in total. The van der Waals surface area contributed by atoms with Crippen LogP contribution in [-0.2, 0) is 0 Å². The average Bonchev–Trinajstić information content (AvgIpc) is 2.91. The van der Waals surface area contributed by atoms with Crippen molar-refractivity contribution in [3.05, 3.63) is 29.8 Å². The van der Waals surface area contributed by atoms with Crippen molar-refractivity contribution in [1.29, 1.82) is 0 Å². The van der Waals surface area contributed by atoms with Crippen molar-refractivity contribution in [3.8, 4) is 0 Å². The first-order valence-electron chi connectivity index (χ1n) is 8.24. The molecule has 2 fully saturated rings. The van der Waals surface area contributed by atoms with Crippen LogP contribution in [-0.4, -0.2) is 11.0 Å². The van der Waals surface area contributed by atoms with Crippen LogP contribution >= 0.6 is 0 Å². The number of nitrogens with zero attached hydrogens (tertiary/aromatic N) is 1. The standard InChI is InChI=1S/C18H27FN2/c1-5-14(15-7-6-13(19)11-20-15)21-16-17(2,3)12-8-9-18(16,4)10-12/h6-7,11-12,14,16,21H,5,8-10H2,1-4H3. The number of pyridine rings is 1. The molecule has 0 aromatic carbocycles. The number of halogens is 1. The second-order valence-corrected chi connectivity index (χ2v) is 7.88. The molecule has 4 unspecified atom stereocenters. The lowest BCUT2D eigenvalue weighted by atomic mass is 9.68. The van der Waals surface area contributed by atoms with Gasteiger partial charge in [-0.15, -0.1) is 0 Å². The van der Waals surface area contributed by atoms with E-state index < -0.39 is 0 Å². The summed E-state index contributed by atoms with van der Waals surface area (Å²) >= 11 is 0. The maximum absolute atomic E-state index is 13.1. The first kappa shape index (κ1) is 15.0. The third-order valence-corrected chi connectivity index (χ3v) is 6.15. The van der Waals surface area contributed by atoms with Crippen molar-refractivity contribution in [3.63, 3.8) is 0 Å². The summed E-state index contributed by atoms with van der Waals surface area (Å²) < 4.78 is 13.1. The molecular weight excluding hydrogens is 263 g/mol. The molecule has 0 radical (unpaired) electrons. The summed E-state index contributed by atoms with van der Waals surface area (Å²) in [5.41, 5.74) is 1.70. The predicted molar refractivity (Wildman–Crippen MR) is 83.4 cm³/mol. The maximum atomic E-state index is 13.1. The van der Waals surface area contributed by atoms with Gasteiger partial charge in [-0.05, 0) is 54.6 Å². The van der Waals surface area contributed by atoms with E-state index in [9.17, 15) is 4.39 Å². The van der Waals surface area contributed by atoms with Gasteiger partial charge in [-0.3, -0.25) is 4.98 Å². The van der Waals surface area contributed by atoms with Gasteiger partial charge in [-0.1, -0.05) is 27.7 Å². The minimum Gasteiger partial charge on any atom is -0.305 e. The van der Waals surface area contributed by atoms with Crippen molar-refractivity contribution in [1.82, 2.24) is 10.3 Å². The molecule has 2 saturated carbocycles. The van der Waals surface area contributed by atoms with Crippen LogP contribution in [0, 0.1) is 22.6 Å². The van der Waals surface area contributed by atoms with Gasteiger partial charge in [0.25, 0.3) is 0 Å². The molecular formula is C18H27FN2. The Morgan fingerprint density at radius 3 is 2.67 bits per heavy atom. The van der Waals surface area contributed by atoms with E-state index in [-0.39, 0.29) is 11.9 Å². The topological polar surface area (TPSA) is 24.9 Å². The van der Waals surface area contributed by atoms with E-state index in [1.807, 2.05) is 6.07 Å². The molecule has 0 spiro atoms. The Morgan fingerprint density at radius 1 is 1.38 bits per heavy atom. The summed E-state index contributed by atoms with van der Waals surface area (Å²) in [7, 11) is 0. The molecule has 2 aliphatic rings. The minimum atomic E-state index is -0.263. The normalized spacial score (nSPS) is 35.1. The fourth-order valence-electron chi connectivity index (χ4n) is 4.92. The lowest BCUT2D eigenvalue weighted by Gasteiger charge is -2.45. The Kier molecular flexibility index (Phi) is 3.59. The molecule has 116 valence electrons. The van der Waals surface area contributed by atoms with Gasteiger partial charge in [0, 0.05) is 12.1 Å². The molecule has 3 heteroatoms. The third kappa shape index (κ3) is 2.40. The number of nitrogens with one attached hydrogen (secondary N) is 1. The van der Waals surface area contributed by atoms with Crippen LogP contribution in [0.25, 0.3) is 0 Å². The molecule has 4 atom stereocenters. The first-order valence-corrected chi connectivity index (χ1v) is 8.24. The zero-order chi connectivity index (χ0) is 15.3. The quantitative estimate of drug-likeness (QED) is 0.884. The lowest BCUT2D eigenvalue weighted by molar-refractivity contribution is 0.0970. The summed E-state index contributed by atoms with van der Waals surface area (Å²) in [6.07, 6.45) is 6.34. The molecule has 3 rings (SSSR count). The van der Waals surface area contributed by atoms with Crippen LogP contribution in [0.3, 0.4) is 0 Å². The largest absolute Gasteiger partial charge is 0.305 e. The minimum absolute atomic E-state index is 0.214. The fourth-order valence-corrected chi connectivity index (χ4v) is 4.92. The molecule has 21 heavy (non-hydrogen) atoms. The van der Waals surface area contributed by atoms with E-state index in [2.05, 4.69) is 38.0 Å². The molecule has 0 saturated heterocycles. The van der Waals surface area contributed by atoms with Gasteiger partial charge >= 0.3 is 0 Å². The molecule has 2 bridgehead atoms. The zero-order valence-corrected chi connectivity index (χ0v) is 13.6. The summed E-state index contributed by atoms with van der Waals surface area (Å²) in [5, 5.41) is 3.88. The monoisotopic (exact) mass is 290 g/mol. The molecule has 1 aromatic heterocycles. The van der Waals surface area contributed by atoms with Crippen LogP contribution in [0.4, 0.5) is 4.39 Å². The molecule has 2 aliphatic carbocycles. The maximum Gasteiger partial charge on any atom is 0.141 e. The van der Waals surface area contributed by atoms with Crippen molar-refractivity contribution >= 4 is 0 Å². The van der Waals surface area contributed by atoms with Gasteiger partial charge in [0.05, 0.1) is 11.9 Å². The molecule has 1 aromatic rings. The van der Waals surface area contributed by atoms with Crippen LogP contribution in [0.15, 0.2) is 18.3 Å². The van der Waals surface area contributed by atoms with Gasteiger partial charge in [-0.25, -0.2) is 4.39 Å². The van der Waals surface area contributed by atoms with Gasteiger partial charge < -0.3 is 5.32 Å². The highest BCUT2D eigenvalue weighted by molar-refractivity contribution is 5.16. The van der Waals surface area contributed by atoms with Crippen molar-refractivity contribution in [2.45, 2.75) is 65.5 Å². The SMILES string of the molecule is CCC(NC1C2(C)CCC(C2)C1(C)C)c1ccc(F)cn1. The van der Waals surface area contributed by atoms with Gasteiger partial charge in [0.1, 0.15) is 5.82 Å². The first-order chi connectivity index (χ1) is 9.87. The fraction of sp³-hybridized carbons (Fsp3) is 0.722. The van der Waals surface area contributed by atoms with E-state index in [1.165, 1.54) is 31.5 Å². The van der Waals surface area contributed by atoms with Crippen LogP contribution in [0.5, 0.6) is 0 Å². The number of hydrogen-bond donors (Lipinski definition) is 1. The van der Waals surface area contributed by atoms with Gasteiger partial charge in [0.2, 0.25) is 0 Å². The van der Waals surface area contributed by atoms with Crippen molar-refractivity contribution < 1.29 is 4.39 Å². The number of rotatable bonds is 4. The summed E-state index contributed by atoms with van der Waals surface area (Å²) in [4.78, 5) is 4.29. The number of aromatic nitrogens is 1. The molecule has 2 nitrogen and oxygen atoms in total. The molecule has 0 amide bonds.